The van der Waals surface area contributed by atoms with Crippen molar-refractivity contribution in [2.75, 3.05) is 24.7 Å². The number of nitrogens with one attached hydrogen (secondary N) is 1. The Hall–Kier alpha value is -1.14. The molecule has 1 heterocycles. The SMILES string of the molecule is CS(=O)(=O)N1CCC(Nc2ccc(F)cc2)CC1. The van der Waals surface area contributed by atoms with Gasteiger partial charge in [0.15, 0.2) is 0 Å². The van der Waals surface area contributed by atoms with Gasteiger partial charge in [-0.25, -0.2) is 17.1 Å². The average Bonchev–Trinajstić information content (AvgIpc) is 2.32. The highest BCUT2D eigenvalue weighted by atomic mass is 32.2. The average molecular weight is 272 g/mol. The van der Waals surface area contributed by atoms with Crippen LogP contribution in [0.25, 0.3) is 0 Å². The highest BCUT2D eigenvalue weighted by Gasteiger charge is 2.24. The second-order valence-corrected chi connectivity index (χ2v) is 6.57. The molecule has 1 fully saturated rings. The molecule has 2 rings (SSSR count). The Kier molecular flexibility index (Phi) is 3.87. The summed E-state index contributed by atoms with van der Waals surface area (Å²) in [6.07, 6.45) is 2.77. The van der Waals surface area contributed by atoms with E-state index < -0.39 is 10.0 Å². The molecule has 1 saturated heterocycles. The molecule has 1 aromatic carbocycles. The van der Waals surface area contributed by atoms with Crippen LogP contribution in [0.3, 0.4) is 0 Å². The number of anilines is 1. The van der Waals surface area contributed by atoms with Gasteiger partial charge < -0.3 is 5.32 Å². The van der Waals surface area contributed by atoms with E-state index in [-0.39, 0.29) is 11.9 Å². The summed E-state index contributed by atoms with van der Waals surface area (Å²) in [7, 11) is -3.07. The zero-order valence-electron chi connectivity index (χ0n) is 10.3. The number of hydrogen-bond acceptors (Lipinski definition) is 3. The molecule has 0 spiro atoms. The van der Waals surface area contributed by atoms with Crippen LogP contribution in [0.2, 0.25) is 0 Å². The molecule has 0 bridgehead atoms. The molecule has 100 valence electrons. The van der Waals surface area contributed by atoms with Crippen molar-refractivity contribution in [2.45, 2.75) is 18.9 Å². The smallest absolute Gasteiger partial charge is 0.211 e. The molecule has 1 N–H and O–H groups in total. The van der Waals surface area contributed by atoms with Crippen LogP contribution in [0.5, 0.6) is 0 Å². The van der Waals surface area contributed by atoms with Gasteiger partial charge in [0.2, 0.25) is 10.0 Å². The molecule has 0 atom stereocenters. The molecule has 1 aliphatic rings. The maximum atomic E-state index is 12.7. The van der Waals surface area contributed by atoms with Gasteiger partial charge in [0, 0.05) is 24.8 Å². The summed E-state index contributed by atoms with van der Waals surface area (Å²) in [5.74, 6) is -0.257. The van der Waals surface area contributed by atoms with Gasteiger partial charge in [-0.3, -0.25) is 0 Å². The van der Waals surface area contributed by atoms with Crippen LogP contribution >= 0.6 is 0 Å². The van der Waals surface area contributed by atoms with Gasteiger partial charge in [0.05, 0.1) is 6.26 Å². The number of hydrogen-bond donors (Lipinski definition) is 1. The van der Waals surface area contributed by atoms with Crippen LogP contribution < -0.4 is 5.32 Å². The molecule has 0 unspecified atom stereocenters. The van der Waals surface area contributed by atoms with Gasteiger partial charge in [-0.15, -0.1) is 0 Å². The molecule has 4 nitrogen and oxygen atoms in total. The zero-order valence-corrected chi connectivity index (χ0v) is 11.1. The van der Waals surface area contributed by atoms with Gasteiger partial charge in [-0.05, 0) is 37.1 Å². The Morgan fingerprint density at radius 2 is 1.78 bits per heavy atom. The summed E-state index contributed by atoms with van der Waals surface area (Å²) >= 11 is 0. The Morgan fingerprint density at radius 3 is 2.28 bits per heavy atom. The Labute approximate surface area is 107 Å². The molecule has 0 aliphatic carbocycles. The van der Waals surface area contributed by atoms with Crippen molar-refractivity contribution in [3.05, 3.63) is 30.1 Å². The zero-order chi connectivity index (χ0) is 13.2. The summed E-state index contributed by atoms with van der Waals surface area (Å²) in [6.45, 7) is 1.08. The van der Waals surface area contributed by atoms with Crippen molar-refractivity contribution in [2.24, 2.45) is 0 Å². The lowest BCUT2D eigenvalue weighted by molar-refractivity contribution is 0.332. The van der Waals surface area contributed by atoms with E-state index in [9.17, 15) is 12.8 Å². The summed E-state index contributed by atoms with van der Waals surface area (Å²) < 4.78 is 36.9. The third-order valence-corrected chi connectivity index (χ3v) is 4.44. The normalized spacial score (nSPS) is 18.8. The van der Waals surface area contributed by atoms with Crippen LogP contribution in [-0.2, 0) is 10.0 Å². The predicted molar refractivity (Wildman–Crippen MR) is 69.5 cm³/mol. The van der Waals surface area contributed by atoms with Crippen LogP contribution in [-0.4, -0.2) is 38.1 Å². The van der Waals surface area contributed by atoms with Crippen molar-refractivity contribution < 1.29 is 12.8 Å². The molecular formula is C12H17FN2O2S. The molecule has 1 aromatic rings. The minimum atomic E-state index is -3.07. The molecule has 0 amide bonds. The van der Waals surface area contributed by atoms with Crippen molar-refractivity contribution in [3.8, 4) is 0 Å². The first kappa shape index (κ1) is 13.3. The second-order valence-electron chi connectivity index (χ2n) is 4.59. The molecule has 1 aliphatic heterocycles. The topological polar surface area (TPSA) is 49.4 Å². The summed E-state index contributed by atoms with van der Waals surface area (Å²) in [5.41, 5.74) is 0.870. The fraction of sp³-hybridized carbons (Fsp3) is 0.500. The van der Waals surface area contributed by atoms with E-state index in [1.54, 1.807) is 12.1 Å². The molecule has 0 saturated carbocycles. The Balaban J connectivity index is 1.89. The van der Waals surface area contributed by atoms with Gasteiger partial charge in [-0.1, -0.05) is 0 Å². The first-order chi connectivity index (χ1) is 8.45. The van der Waals surface area contributed by atoms with Crippen LogP contribution in [0.15, 0.2) is 24.3 Å². The minimum absolute atomic E-state index is 0.244. The largest absolute Gasteiger partial charge is 0.382 e. The fourth-order valence-corrected chi connectivity index (χ4v) is 2.99. The van der Waals surface area contributed by atoms with E-state index in [4.69, 9.17) is 0 Å². The predicted octanol–water partition coefficient (Wildman–Crippen LogP) is 1.66. The number of nitrogens with zero attached hydrogens (tertiary/aromatic N) is 1. The fourth-order valence-electron chi connectivity index (χ4n) is 2.11. The van der Waals surface area contributed by atoms with Gasteiger partial charge >= 0.3 is 0 Å². The van der Waals surface area contributed by atoms with Crippen molar-refractivity contribution in [3.63, 3.8) is 0 Å². The van der Waals surface area contributed by atoms with E-state index in [1.165, 1.54) is 22.7 Å². The first-order valence-electron chi connectivity index (χ1n) is 5.92. The third kappa shape index (κ3) is 3.43. The van der Waals surface area contributed by atoms with Crippen molar-refractivity contribution >= 4 is 15.7 Å². The minimum Gasteiger partial charge on any atom is -0.382 e. The maximum absolute atomic E-state index is 12.7. The number of halogens is 1. The van der Waals surface area contributed by atoms with E-state index >= 15 is 0 Å². The van der Waals surface area contributed by atoms with Gasteiger partial charge in [0.25, 0.3) is 0 Å². The van der Waals surface area contributed by atoms with Crippen LogP contribution in [0.1, 0.15) is 12.8 Å². The molecule has 18 heavy (non-hydrogen) atoms. The monoisotopic (exact) mass is 272 g/mol. The van der Waals surface area contributed by atoms with E-state index in [1.807, 2.05) is 0 Å². The van der Waals surface area contributed by atoms with Gasteiger partial charge in [-0.2, -0.15) is 0 Å². The van der Waals surface area contributed by atoms with E-state index in [0.717, 1.165) is 18.5 Å². The van der Waals surface area contributed by atoms with E-state index in [0.29, 0.717) is 13.1 Å². The third-order valence-electron chi connectivity index (χ3n) is 3.14. The summed E-state index contributed by atoms with van der Waals surface area (Å²) in [4.78, 5) is 0. The number of rotatable bonds is 3. The van der Waals surface area contributed by atoms with Crippen molar-refractivity contribution in [1.82, 2.24) is 4.31 Å². The standard InChI is InChI=1S/C12H17FN2O2S/c1-18(16,17)15-8-6-12(7-9-15)14-11-4-2-10(13)3-5-11/h2-5,12,14H,6-9H2,1H3. The molecule has 0 aromatic heterocycles. The lowest BCUT2D eigenvalue weighted by Gasteiger charge is -2.31. The Bertz CT molecular complexity index is 493. The first-order valence-corrected chi connectivity index (χ1v) is 7.77. The summed E-state index contributed by atoms with van der Waals surface area (Å²) in [5, 5.41) is 3.29. The Morgan fingerprint density at radius 1 is 1.22 bits per heavy atom. The lowest BCUT2D eigenvalue weighted by atomic mass is 10.1. The van der Waals surface area contributed by atoms with Crippen molar-refractivity contribution in [1.29, 1.82) is 0 Å². The highest BCUT2D eigenvalue weighted by molar-refractivity contribution is 7.88. The number of sulfonamides is 1. The molecule has 6 heteroatoms. The highest BCUT2D eigenvalue weighted by Crippen LogP contribution is 2.18. The maximum Gasteiger partial charge on any atom is 0.211 e. The quantitative estimate of drug-likeness (QED) is 0.910. The van der Waals surface area contributed by atoms with Gasteiger partial charge in [0.1, 0.15) is 5.82 Å². The lowest BCUT2D eigenvalue weighted by Crippen LogP contribution is -2.41. The molecular weight excluding hydrogens is 255 g/mol. The van der Waals surface area contributed by atoms with Crippen LogP contribution in [0.4, 0.5) is 10.1 Å². The van der Waals surface area contributed by atoms with E-state index in [2.05, 4.69) is 5.32 Å². The summed E-state index contributed by atoms with van der Waals surface area (Å²) in [6, 6.07) is 6.45. The number of piperidine rings is 1. The van der Waals surface area contributed by atoms with Crippen LogP contribution in [0, 0.1) is 5.82 Å². The molecule has 0 radical (unpaired) electrons. The number of benzene rings is 1. The second kappa shape index (κ2) is 5.24.